The van der Waals surface area contributed by atoms with Gasteiger partial charge in [0.2, 0.25) is 0 Å². The van der Waals surface area contributed by atoms with Gasteiger partial charge in [-0.15, -0.1) is 0 Å². The molecule has 1 heterocycles. The summed E-state index contributed by atoms with van der Waals surface area (Å²) in [4.78, 5) is 14.5. The lowest BCUT2D eigenvalue weighted by atomic mass is 9.89. The van der Waals surface area contributed by atoms with Crippen molar-refractivity contribution in [3.05, 3.63) is 0 Å². The minimum atomic E-state index is -0.504. The predicted molar refractivity (Wildman–Crippen MR) is 101 cm³/mol. The van der Waals surface area contributed by atoms with Crippen molar-refractivity contribution in [3.8, 4) is 0 Å². The molecule has 5 nitrogen and oxygen atoms in total. The zero-order chi connectivity index (χ0) is 19.1. The van der Waals surface area contributed by atoms with Gasteiger partial charge in [0, 0.05) is 19.1 Å². The Kier molecular flexibility index (Phi) is 8.69. The number of carbonyl (C=O) groups excluding carboxylic acids is 1. The van der Waals surface area contributed by atoms with Crippen LogP contribution in [0.3, 0.4) is 0 Å². The second kappa shape index (κ2) is 9.77. The summed E-state index contributed by atoms with van der Waals surface area (Å²) < 4.78 is 17.7. The highest BCUT2D eigenvalue weighted by molar-refractivity contribution is 5.69. The summed E-state index contributed by atoms with van der Waals surface area (Å²) in [6, 6.07) is -0.0154. The molecule has 1 saturated heterocycles. The molecule has 0 unspecified atom stereocenters. The lowest BCUT2D eigenvalue weighted by molar-refractivity contribution is -0.0528. The molecule has 0 aromatic rings. The topological polar surface area (TPSA) is 48.0 Å². The van der Waals surface area contributed by atoms with Crippen molar-refractivity contribution >= 4 is 6.09 Å². The molecule has 0 aromatic heterocycles. The van der Waals surface area contributed by atoms with Crippen LogP contribution in [0.25, 0.3) is 0 Å². The highest BCUT2D eigenvalue weighted by Crippen LogP contribution is 2.37. The molecule has 0 aliphatic carbocycles. The largest absolute Gasteiger partial charge is 0.444 e. The molecule has 1 amide bonds. The van der Waals surface area contributed by atoms with Crippen molar-refractivity contribution in [1.29, 1.82) is 0 Å². The van der Waals surface area contributed by atoms with Crippen molar-refractivity contribution in [2.24, 2.45) is 5.92 Å². The summed E-state index contributed by atoms with van der Waals surface area (Å²) in [5, 5.41) is 0. The maximum absolute atomic E-state index is 12.7. The van der Waals surface area contributed by atoms with Crippen LogP contribution >= 0.6 is 0 Å². The molecule has 1 rings (SSSR count). The van der Waals surface area contributed by atoms with Crippen LogP contribution in [0.2, 0.25) is 0 Å². The van der Waals surface area contributed by atoms with E-state index in [9.17, 15) is 4.79 Å². The first kappa shape index (κ1) is 22.2. The second-order valence-corrected chi connectivity index (χ2v) is 8.41. The molecule has 0 bridgehead atoms. The Balaban J connectivity index is 2.82. The fourth-order valence-corrected chi connectivity index (χ4v) is 3.11. The third-order valence-electron chi connectivity index (χ3n) is 4.91. The van der Waals surface area contributed by atoms with E-state index in [1.165, 1.54) is 0 Å². The van der Waals surface area contributed by atoms with Gasteiger partial charge in [0.05, 0.1) is 24.8 Å². The number of nitrogens with zero attached hydrogens (tertiary/aromatic N) is 1. The van der Waals surface area contributed by atoms with Crippen LogP contribution in [0.4, 0.5) is 4.79 Å². The number of amides is 1. The fourth-order valence-electron chi connectivity index (χ4n) is 3.11. The van der Waals surface area contributed by atoms with Gasteiger partial charge >= 0.3 is 6.09 Å². The monoisotopic (exact) mass is 357 g/mol. The molecule has 1 aliphatic rings. The van der Waals surface area contributed by atoms with E-state index in [1.807, 2.05) is 25.7 Å². The van der Waals surface area contributed by atoms with Crippen LogP contribution in [0.15, 0.2) is 0 Å². The van der Waals surface area contributed by atoms with Gasteiger partial charge in [-0.3, -0.25) is 4.90 Å². The molecule has 0 radical (unpaired) electrons. The second-order valence-electron chi connectivity index (χ2n) is 8.41. The summed E-state index contributed by atoms with van der Waals surface area (Å²) in [6.07, 6.45) is 4.01. The molecular formula is C20H39NO4. The maximum Gasteiger partial charge on any atom is 0.410 e. The first-order valence-corrected chi connectivity index (χ1v) is 9.86. The van der Waals surface area contributed by atoms with E-state index in [1.54, 1.807) is 0 Å². The smallest absolute Gasteiger partial charge is 0.410 e. The molecule has 3 atom stereocenters. The number of rotatable bonds is 9. The van der Waals surface area contributed by atoms with E-state index < -0.39 is 5.60 Å². The van der Waals surface area contributed by atoms with E-state index in [0.717, 1.165) is 38.9 Å². The average Bonchev–Trinajstić information content (AvgIpc) is 2.75. The van der Waals surface area contributed by atoms with Gasteiger partial charge in [0.1, 0.15) is 5.60 Å². The molecular weight excluding hydrogens is 318 g/mol. The minimum Gasteiger partial charge on any atom is -0.444 e. The van der Waals surface area contributed by atoms with E-state index >= 15 is 0 Å². The molecule has 0 aromatic carbocycles. The molecule has 25 heavy (non-hydrogen) atoms. The summed E-state index contributed by atoms with van der Waals surface area (Å²) in [5.41, 5.74) is -0.860. The Morgan fingerprint density at radius 3 is 2.32 bits per heavy atom. The summed E-state index contributed by atoms with van der Waals surface area (Å²) >= 11 is 0. The standard InChI is InChI=1S/C20H39NO4/c1-8-10-12-23-14-17-16(3)20(7,24-13-11-9-2)15-21(17)18(22)25-19(4,5)6/h16-17H,8-15H2,1-7H3/t16-,17-,20-/m1/s1. The Labute approximate surface area is 154 Å². The maximum atomic E-state index is 12.7. The van der Waals surface area contributed by atoms with Gasteiger partial charge in [-0.05, 0) is 40.5 Å². The predicted octanol–water partition coefficient (Wildman–Crippen LogP) is 4.63. The van der Waals surface area contributed by atoms with Crippen molar-refractivity contribution < 1.29 is 19.0 Å². The summed E-state index contributed by atoms with van der Waals surface area (Å²) in [5.74, 6) is 0.193. The van der Waals surface area contributed by atoms with Crippen molar-refractivity contribution in [2.75, 3.05) is 26.4 Å². The molecule has 148 valence electrons. The highest BCUT2D eigenvalue weighted by atomic mass is 16.6. The van der Waals surface area contributed by atoms with Gasteiger partial charge in [-0.1, -0.05) is 33.6 Å². The molecule has 5 heteroatoms. The van der Waals surface area contributed by atoms with Crippen molar-refractivity contribution in [2.45, 2.75) is 91.4 Å². The number of hydrogen-bond acceptors (Lipinski definition) is 4. The normalized spacial score (nSPS) is 26.9. The molecule has 0 saturated carbocycles. The van der Waals surface area contributed by atoms with Gasteiger partial charge in [-0.2, -0.15) is 0 Å². The number of carbonyl (C=O) groups is 1. The number of ether oxygens (including phenoxy) is 3. The molecule has 0 spiro atoms. The van der Waals surface area contributed by atoms with Crippen LogP contribution in [0, 0.1) is 5.92 Å². The number of hydrogen-bond donors (Lipinski definition) is 0. The van der Waals surface area contributed by atoms with Gasteiger partial charge < -0.3 is 14.2 Å². The Morgan fingerprint density at radius 1 is 1.16 bits per heavy atom. The van der Waals surface area contributed by atoms with E-state index in [0.29, 0.717) is 13.2 Å². The zero-order valence-corrected chi connectivity index (χ0v) is 17.4. The van der Waals surface area contributed by atoms with Crippen LogP contribution in [0.5, 0.6) is 0 Å². The van der Waals surface area contributed by atoms with E-state index in [4.69, 9.17) is 14.2 Å². The zero-order valence-electron chi connectivity index (χ0n) is 17.4. The van der Waals surface area contributed by atoms with E-state index in [-0.39, 0.29) is 23.7 Å². The van der Waals surface area contributed by atoms with E-state index in [2.05, 4.69) is 27.7 Å². The third kappa shape index (κ3) is 6.78. The lowest BCUT2D eigenvalue weighted by Gasteiger charge is -2.30. The Hall–Kier alpha value is -0.810. The minimum absolute atomic E-state index is 0.0154. The van der Waals surface area contributed by atoms with Gasteiger partial charge in [-0.25, -0.2) is 4.79 Å². The number of likely N-dealkylation sites (tertiary alicyclic amines) is 1. The first-order chi connectivity index (χ1) is 11.6. The third-order valence-corrected chi connectivity index (χ3v) is 4.91. The van der Waals surface area contributed by atoms with Crippen molar-refractivity contribution in [3.63, 3.8) is 0 Å². The summed E-state index contributed by atoms with van der Waals surface area (Å²) in [7, 11) is 0. The Bertz CT molecular complexity index is 407. The molecule has 1 aliphatic heterocycles. The quantitative estimate of drug-likeness (QED) is 0.564. The van der Waals surface area contributed by atoms with Crippen molar-refractivity contribution in [1.82, 2.24) is 4.90 Å². The summed E-state index contributed by atoms with van der Waals surface area (Å²) in [6.45, 7) is 16.8. The molecule has 0 N–H and O–H groups in total. The SMILES string of the molecule is CCCCOC[C@@H]1[C@@H](C)[C@](C)(OCCCC)CN1C(=O)OC(C)(C)C. The van der Waals surface area contributed by atoms with Crippen LogP contribution in [-0.2, 0) is 14.2 Å². The van der Waals surface area contributed by atoms with Crippen LogP contribution in [-0.4, -0.2) is 54.6 Å². The lowest BCUT2D eigenvalue weighted by Crippen LogP contribution is -2.43. The average molecular weight is 358 g/mol. The van der Waals surface area contributed by atoms with Gasteiger partial charge in [0.15, 0.2) is 0 Å². The first-order valence-electron chi connectivity index (χ1n) is 9.86. The molecule has 1 fully saturated rings. The fraction of sp³-hybridized carbons (Fsp3) is 0.950. The number of unbranched alkanes of at least 4 members (excludes halogenated alkanes) is 2. The van der Waals surface area contributed by atoms with Crippen LogP contribution in [0.1, 0.15) is 74.1 Å². The van der Waals surface area contributed by atoms with Gasteiger partial charge in [0.25, 0.3) is 0 Å². The van der Waals surface area contributed by atoms with Crippen LogP contribution < -0.4 is 0 Å². The highest BCUT2D eigenvalue weighted by Gasteiger charge is 2.51. The Morgan fingerprint density at radius 2 is 1.76 bits per heavy atom.